The first-order valence-corrected chi connectivity index (χ1v) is 5.23. The molecular formula is C11H14ClNO3. The number of carbonyl (C=O) groups is 1. The number of rotatable bonds is 4. The number of benzene rings is 1. The molecule has 2 N–H and O–H groups in total. The highest BCUT2D eigenvalue weighted by Crippen LogP contribution is 2.29. The Balaban J connectivity index is 2.98. The minimum atomic E-state index is -0.338. The molecule has 16 heavy (non-hydrogen) atoms. The van der Waals surface area contributed by atoms with Gasteiger partial charge in [0.25, 0.3) is 0 Å². The minimum Gasteiger partial charge on any atom is -0.496 e. The molecule has 0 saturated heterocycles. The number of hydrogen-bond donors (Lipinski definition) is 1. The first kappa shape index (κ1) is 12.6. The summed E-state index contributed by atoms with van der Waals surface area (Å²) in [6.45, 7) is 2.09. The topological polar surface area (TPSA) is 61.5 Å². The third-order valence-corrected chi connectivity index (χ3v) is 2.27. The van der Waals surface area contributed by atoms with Gasteiger partial charge in [0, 0.05) is 16.3 Å². The second-order valence-electron chi connectivity index (χ2n) is 3.16. The number of carbonyl (C=O) groups excluding carboxylic acids is 1. The fourth-order valence-electron chi connectivity index (χ4n) is 1.36. The van der Waals surface area contributed by atoms with Crippen LogP contribution >= 0.6 is 11.6 Å². The first-order chi connectivity index (χ1) is 7.58. The number of ether oxygens (including phenoxy) is 2. The standard InChI is InChI=1S/C11H14ClNO3/c1-3-16-11(14)6-8-9(13)4-7(12)5-10(8)15-2/h4-5H,3,6,13H2,1-2H3. The number of anilines is 1. The number of hydrogen-bond acceptors (Lipinski definition) is 4. The molecule has 0 aliphatic rings. The number of nitrogen functional groups attached to an aromatic ring is 1. The molecule has 88 valence electrons. The highest BCUT2D eigenvalue weighted by atomic mass is 35.5. The molecule has 0 heterocycles. The van der Waals surface area contributed by atoms with Crippen LogP contribution in [-0.2, 0) is 16.0 Å². The summed E-state index contributed by atoms with van der Waals surface area (Å²) in [5, 5.41) is 0.474. The maximum Gasteiger partial charge on any atom is 0.310 e. The van der Waals surface area contributed by atoms with Gasteiger partial charge in [0.15, 0.2) is 0 Å². The summed E-state index contributed by atoms with van der Waals surface area (Å²) < 4.78 is 9.96. The first-order valence-electron chi connectivity index (χ1n) is 4.86. The molecule has 4 nitrogen and oxygen atoms in total. The third-order valence-electron chi connectivity index (χ3n) is 2.05. The molecule has 0 aromatic heterocycles. The largest absolute Gasteiger partial charge is 0.496 e. The van der Waals surface area contributed by atoms with E-state index in [2.05, 4.69) is 0 Å². The van der Waals surface area contributed by atoms with Crippen molar-refractivity contribution in [3.05, 3.63) is 22.7 Å². The molecule has 1 rings (SSSR count). The zero-order valence-electron chi connectivity index (χ0n) is 9.25. The van der Waals surface area contributed by atoms with Gasteiger partial charge in [-0.3, -0.25) is 4.79 Å². The average Bonchev–Trinajstić information content (AvgIpc) is 2.22. The van der Waals surface area contributed by atoms with Crippen molar-refractivity contribution < 1.29 is 14.3 Å². The molecule has 0 saturated carbocycles. The van der Waals surface area contributed by atoms with E-state index in [-0.39, 0.29) is 12.4 Å². The number of halogens is 1. The Bertz CT molecular complexity index is 393. The van der Waals surface area contributed by atoms with Crippen molar-refractivity contribution in [2.45, 2.75) is 13.3 Å². The zero-order chi connectivity index (χ0) is 12.1. The van der Waals surface area contributed by atoms with Gasteiger partial charge < -0.3 is 15.2 Å². The summed E-state index contributed by atoms with van der Waals surface area (Å²) in [6, 6.07) is 3.20. The Labute approximate surface area is 99.3 Å². The monoisotopic (exact) mass is 243 g/mol. The quantitative estimate of drug-likeness (QED) is 0.649. The van der Waals surface area contributed by atoms with Gasteiger partial charge in [0.2, 0.25) is 0 Å². The van der Waals surface area contributed by atoms with E-state index in [0.717, 1.165) is 0 Å². The maximum absolute atomic E-state index is 11.4. The minimum absolute atomic E-state index is 0.0833. The van der Waals surface area contributed by atoms with Gasteiger partial charge in [-0.05, 0) is 19.1 Å². The van der Waals surface area contributed by atoms with Crippen molar-refractivity contribution in [2.24, 2.45) is 0 Å². The Kier molecular flexibility index (Phi) is 4.43. The van der Waals surface area contributed by atoms with Crippen LogP contribution in [0.4, 0.5) is 5.69 Å². The van der Waals surface area contributed by atoms with Crippen molar-refractivity contribution in [1.29, 1.82) is 0 Å². The number of esters is 1. The normalized spacial score (nSPS) is 9.94. The van der Waals surface area contributed by atoms with Crippen LogP contribution in [0.3, 0.4) is 0 Å². The molecule has 5 heteroatoms. The average molecular weight is 244 g/mol. The number of nitrogens with two attached hydrogens (primary N) is 1. The Morgan fingerprint density at radius 2 is 2.19 bits per heavy atom. The second kappa shape index (κ2) is 5.61. The van der Waals surface area contributed by atoms with Gasteiger partial charge in [0.1, 0.15) is 5.75 Å². The molecule has 0 aliphatic heterocycles. The van der Waals surface area contributed by atoms with E-state index in [1.165, 1.54) is 7.11 Å². The van der Waals surface area contributed by atoms with Gasteiger partial charge in [-0.2, -0.15) is 0 Å². The van der Waals surface area contributed by atoms with Crippen molar-refractivity contribution in [1.82, 2.24) is 0 Å². The lowest BCUT2D eigenvalue weighted by Crippen LogP contribution is -2.10. The van der Waals surface area contributed by atoms with Crippen molar-refractivity contribution >= 4 is 23.3 Å². The van der Waals surface area contributed by atoms with Gasteiger partial charge >= 0.3 is 5.97 Å². The van der Waals surface area contributed by atoms with Crippen LogP contribution < -0.4 is 10.5 Å². The Morgan fingerprint density at radius 1 is 1.50 bits per heavy atom. The van der Waals surface area contributed by atoms with Crippen LogP contribution in [-0.4, -0.2) is 19.7 Å². The van der Waals surface area contributed by atoms with E-state index in [1.807, 2.05) is 0 Å². The lowest BCUT2D eigenvalue weighted by Gasteiger charge is -2.11. The predicted molar refractivity (Wildman–Crippen MR) is 62.8 cm³/mol. The summed E-state index contributed by atoms with van der Waals surface area (Å²) in [5.41, 5.74) is 6.80. The molecule has 0 radical (unpaired) electrons. The fourth-order valence-corrected chi connectivity index (χ4v) is 1.58. The molecule has 0 amide bonds. The van der Waals surface area contributed by atoms with E-state index in [1.54, 1.807) is 19.1 Å². The molecule has 1 aromatic rings. The fraction of sp³-hybridized carbons (Fsp3) is 0.364. The second-order valence-corrected chi connectivity index (χ2v) is 3.59. The Morgan fingerprint density at radius 3 is 2.75 bits per heavy atom. The van der Waals surface area contributed by atoms with Crippen LogP contribution in [0.1, 0.15) is 12.5 Å². The van der Waals surface area contributed by atoms with Crippen LogP contribution in [0.15, 0.2) is 12.1 Å². The van der Waals surface area contributed by atoms with E-state index in [9.17, 15) is 4.79 Å². The molecular weight excluding hydrogens is 230 g/mol. The summed E-state index contributed by atoms with van der Waals surface area (Å²) in [6.07, 6.45) is 0.0833. The number of methoxy groups -OCH3 is 1. The van der Waals surface area contributed by atoms with Crippen molar-refractivity contribution in [3.8, 4) is 5.75 Å². The summed E-state index contributed by atoms with van der Waals surface area (Å²) in [5.74, 6) is 0.160. The van der Waals surface area contributed by atoms with E-state index < -0.39 is 0 Å². The molecule has 0 atom stereocenters. The molecule has 0 aliphatic carbocycles. The molecule has 0 spiro atoms. The van der Waals surface area contributed by atoms with Gasteiger partial charge in [-0.1, -0.05) is 11.6 Å². The van der Waals surface area contributed by atoms with Crippen molar-refractivity contribution in [3.63, 3.8) is 0 Å². The zero-order valence-corrected chi connectivity index (χ0v) is 10.0. The van der Waals surface area contributed by atoms with Crippen LogP contribution in [0.25, 0.3) is 0 Å². The van der Waals surface area contributed by atoms with Gasteiger partial charge in [0.05, 0.1) is 20.1 Å². The lowest BCUT2D eigenvalue weighted by atomic mass is 10.1. The van der Waals surface area contributed by atoms with E-state index in [4.69, 9.17) is 26.8 Å². The predicted octanol–water partition coefficient (Wildman–Crippen LogP) is 2.04. The molecule has 0 unspecified atom stereocenters. The molecule has 0 fully saturated rings. The smallest absolute Gasteiger partial charge is 0.310 e. The van der Waals surface area contributed by atoms with Crippen LogP contribution in [0.2, 0.25) is 5.02 Å². The van der Waals surface area contributed by atoms with Gasteiger partial charge in [-0.15, -0.1) is 0 Å². The van der Waals surface area contributed by atoms with Crippen LogP contribution in [0.5, 0.6) is 5.75 Å². The molecule has 1 aromatic carbocycles. The maximum atomic E-state index is 11.4. The third kappa shape index (κ3) is 3.03. The highest BCUT2D eigenvalue weighted by Gasteiger charge is 2.13. The van der Waals surface area contributed by atoms with E-state index >= 15 is 0 Å². The summed E-state index contributed by atoms with van der Waals surface area (Å²) in [7, 11) is 1.50. The van der Waals surface area contributed by atoms with Gasteiger partial charge in [-0.25, -0.2) is 0 Å². The highest BCUT2D eigenvalue weighted by molar-refractivity contribution is 6.31. The summed E-state index contributed by atoms with van der Waals surface area (Å²) in [4.78, 5) is 11.4. The van der Waals surface area contributed by atoms with Crippen molar-refractivity contribution in [2.75, 3.05) is 19.5 Å². The van der Waals surface area contributed by atoms with E-state index in [0.29, 0.717) is 28.6 Å². The SMILES string of the molecule is CCOC(=O)Cc1c(N)cc(Cl)cc1OC. The van der Waals surface area contributed by atoms with Crippen LogP contribution in [0, 0.1) is 0 Å². The summed E-state index contributed by atoms with van der Waals surface area (Å²) >= 11 is 5.82. The Hall–Kier alpha value is -1.42. The molecule has 0 bridgehead atoms. The lowest BCUT2D eigenvalue weighted by molar-refractivity contribution is -0.142.